The van der Waals surface area contributed by atoms with Crippen LogP contribution >= 0.6 is 11.3 Å². The molecule has 0 amide bonds. The van der Waals surface area contributed by atoms with Gasteiger partial charge in [0.05, 0.1) is 5.69 Å². The highest BCUT2D eigenvalue weighted by atomic mass is 32.1. The first kappa shape index (κ1) is 13.2. The molecule has 18 heavy (non-hydrogen) atoms. The Balaban J connectivity index is 2.43. The summed E-state index contributed by atoms with van der Waals surface area (Å²) in [6.07, 6.45) is 0. The van der Waals surface area contributed by atoms with Crippen molar-refractivity contribution in [3.8, 4) is 10.6 Å². The van der Waals surface area contributed by atoms with Crippen LogP contribution < -0.4 is 5.32 Å². The molecule has 0 aliphatic rings. The summed E-state index contributed by atoms with van der Waals surface area (Å²) in [4.78, 5) is 5.88. The van der Waals surface area contributed by atoms with Gasteiger partial charge < -0.3 is 5.32 Å². The predicted octanol–water partition coefficient (Wildman–Crippen LogP) is 3.79. The van der Waals surface area contributed by atoms with Crippen LogP contribution in [0.25, 0.3) is 10.6 Å². The number of halogens is 1. The molecule has 1 heterocycles. The van der Waals surface area contributed by atoms with Crippen molar-refractivity contribution in [3.63, 3.8) is 0 Å². The lowest BCUT2D eigenvalue weighted by Gasteiger charge is -2.03. The van der Waals surface area contributed by atoms with Gasteiger partial charge in [-0.2, -0.15) is 0 Å². The van der Waals surface area contributed by atoms with Crippen LogP contribution in [-0.2, 0) is 6.54 Å². The Morgan fingerprint density at radius 1 is 1.39 bits per heavy atom. The summed E-state index contributed by atoms with van der Waals surface area (Å²) in [6, 6.07) is 6.61. The number of aromatic nitrogens is 1. The van der Waals surface area contributed by atoms with Gasteiger partial charge in [-0.3, -0.25) is 0 Å². The fourth-order valence-corrected chi connectivity index (χ4v) is 3.07. The molecule has 0 unspecified atom stereocenters. The zero-order chi connectivity index (χ0) is 13.1. The number of nitrogens with zero attached hydrogens (tertiary/aromatic N) is 1. The van der Waals surface area contributed by atoms with Gasteiger partial charge in [0.15, 0.2) is 0 Å². The van der Waals surface area contributed by atoms with E-state index in [0.29, 0.717) is 5.92 Å². The van der Waals surface area contributed by atoms with Crippen LogP contribution in [0.1, 0.15) is 30.3 Å². The molecule has 0 fully saturated rings. The highest BCUT2D eigenvalue weighted by molar-refractivity contribution is 7.15. The Bertz CT molecular complexity index is 534. The Hall–Kier alpha value is -1.26. The van der Waals surface area contributed by atoms with Crippen LogP contribution in [0.2, 0.25) is 0 Å². The Morgan fingerprint density at radius 2 is 2.17 bits per heavy atom. The minimum atomic E-state index is -0.219. The van der Waals surface area contributed by atoms with Gasteiger partial charge in [0, 0.05) is 17.0 Å². The van der Waals surface area contributed by atoms with E-state index in [0.717, 1.165) is 22.8 Å². The SMILES string of the molecule is CNCc1sc(-c2cccc(F)c2)nc1C(C)C. The number of nitrogens with one attached hydrogen (secondary N) is 1. The summed E-state index contributed by atoms with van der Waals surface area (Å²) in [5, 5.41) is 4.04. The summed E-state index contributed by atoms with van der Waals surface area (Å²) in [5.41, 5.74) is 1.96. The third-order valence-electron chi connectivity index (χ3n) is 2.68. The zero-order valence-corrected chi connectivity index (χ0v) is 11.6. The number of benzene rings is 1. The molecule has 0 aliphatic carbocycles. The van der Waals surface area contributed by atoms with Gasteiger partial charge in [-0.15, -0.1) is 11.3 Å². The number of hydrogen-bond donors (Lipinski definition) is 1. The standard InChI is InChI=1S/C14H17FN2S/c1-9(2)13-12(8-16-3)18-14(17-13)10-5-4-6-11(15)7-10/h4-7,9,16H,8H2,1-3H3. The summed E-state index contributed by atoms with van der Waals surface area (Å²) in [6.45, 7) is 5.06. The fraction of sp³-hybridized carbons (Fsp3) is 0.357. The molecular formula is C14H17FN2S. The van der Waals surface area contributed by atoms with Crippen LogP contribution in [0.15, 0.2) is 24.3 Å². The van der Waals surface area contributed by atoms with E-state index >= 15 is 0 Å². The van der Waals surface area contributed by atoms with Gasteiger partial charge in [-0.05, 0) is 25.1 Å². The van der Waals surface area contributed by atoms with Crippen molar-refractivity contribution in [3.05, 3.63) is 40.7 Å². The molecule has 0 bridgehead atoms. The lowest BCUT2D eigenvalue weighted by Crippen LogP contribution is -2.06. The van der Waals surface area contributed by atoms with Crippen LogP contribution in [-0.4, -0.2) is 12.0 Å². The Morgan fingerprint density at radius 3 is 2.78 bits per heavy atom. The van der Waals surface area contributed by atoms with Gasteiger partial charge in [-0.25, -0.2) is 9.37 Å². The molecule has 0 radical (unpaired) electrons. The quantitative estimate of drug-likeness (QED) is 0.908. The molecule has 4 heteroatoms. The van der Waals surface area contributed by atoms with Crippen LogP contribution in [0.4, 0.5) is 4.39 Å². The summed E-state index contributed by atoms with van der Waals surface area (Å²) in [7, 11) is 1.92. The minimum absolute atomic E-state index is 0.219. The Labute approximate surface area is 111 Å². The van der Waals surface area contributed by atoms with E-state index < -0.39 is 0 Å². The second-order valence-corrected chi connectivity index (χ2v) is 5.61. The average Bonchev–Trinajstić information content (AvgIpc) is 2.74. The number of thiazole rings is 1. The molecule has 2 rings (SSSR count). The maximum atomic E-state index is 13.2. The average molecular weight is 264 g/mol. The van der Waals surface area contributed by atoms with Crippen molar-refractivity contribution in [2.75, 3.05) is 7.05 Å². The second kappa shape index (κ2) is 5.59. The van der Waals surface area contributed by atoms with E-state index in [1.165, 1.54) is 17.0 Å². The first-order chi connectivity index (χ1) is 8.61. The van der Waals surface area contributed by atoms with Crippen molar-refractivity contribution < 1.29 is 4.39 Å². The van der Waals surface area contributed by atoms with Crippen molar-refractivity contribution in [2.45, 2.75) is 26.3 Å². The van der Waals surface area contributed by atoms with Crippen molar-refractivity contribution in [1.82, 2.24) is 10.3 Å². The van der Waals surface area contributed by atoms with Gasteiger partial charge in [0.25, 0.3) is 0 Å². The first-order valence-electron chi connectivity index (χ1n) is 6.02. The monoisotopic (exact) mass is 264 g/mol. The van der Waals surface area contributed by atoms with E-state index in [2.05, 4.69) is 24.1 Å². The molecule has 2 aromatic rings. The van der Waals surface area contributed by atoms with E-state index in [4.69, 9.17) is 0 Å². The molecule has 0 atom stereocenters. The third kappa shape index (κ3) is 2.76. The van der Waals surface area contributed by atoms with Crippen molar-refractivity contribution in [1.29, 1.82) is 0 Å². The van der Waals surface area contributed by atoms with Crippen LogP contribution in [0, 0.1) is 5.82 Å². The zero-order valence-electron chi connectivity index (χ0n) is 10.8. The molecular weight excluding hydrogens is 247 g/mol. The summed E-state index contributed by atoms with van der Waals surface area (Å²) >= 11 is 1.63. The highest BCUT2D eigenvalue weighted by Gasteiger charge is 2.14. The predicted molar refractivity (Wildman–Crippen MR) is 74.4 cm³/mol. The number of hydrogen-bond acceptors (Lipinski definition) is 3. The molecule has 1 N–H and O–H groups in total. The maximum Gasteiger partial charge on any atom is 0.124 e. The fourth-order valence-electron chi connectivity index (χ4n) is 1.85. The van der Waals surface area contributed by atoms with E-state index in [1.54, 1.807) is 17.4 Å². The smallest absolute Gasteiger partial charge is 0.124 e. The van der Waals surface area contributed by atoms with Gasteiger partial charge in [0.1, 0.15) is 10.8 Å². The number of rotatable bonds is 4. The molecule has 0 saturated carbocycles. The maximum absolute atomic E-state index is 13.2. The molecule has 0 aliphatic heterocycles. The largest absolute Gasteiger partial charge is 0.315 e. The van der Waals surface area contributed by atoms with E-state index in [9.17, 15) is 4.39 Å². The first-order valence-corrected chi connectivity index (χ1v) is 6.83. The minimum Gasteiger partial charge on any atom is -0.315 e. The van der Waals surface area contributed by atoms with Crippen molar-refractivity contribution >= 4 is 11.3 Å². The van der Waals surface area contributed by atoms with Gasteiger partial charge in [-0.1, -0.05) is 26.0 Å². The highest BCUT2D eigenvalue weighted by Crippen LogP contribution is 2.31. The van der Waals surface area contributed by atoms with Gasteiger partial charge in [0.2, 0.25) is 0 Å². The normalized spacial score (nSPS) is 11.2. The molecule has 1 aromatic heterocycles. The lowest BCUT2D eigenvalue weighted by molar-refractivity contribution is 0.628. The van der Waals surface area contributed by atoms with E-state index in [1.807, 2.05) is 13.1 Å². The third-order valence-corrected chi connectivity index (χ3v) is 3.80. The molecule has 0 saturated heterocycles. The lowest BCUT2D eigenvalue weighted by atomic mass is 10.1. The molecule has 0 spiro atoms. The summed E-state index contributed by atoms with van der Waals surface area (Å²) < 4.78 is 13.2. The van der Waals surface area contributed by atoms with Crippen molar-refractivity contribution in [2.24, 2.45) is 0 Å². The Kier molecular flexibility index (Phi) is 4.09. The summed E-state index contributed by atoms with van der Waals surface area (Å²) in [5.74, 6) is 0.163. The topological polar surface area (TPSA) is 24.9 Å². The van der Waals surface area contributed by atoms with E-state index in [-0.39, 0.29) is 5.82 Å². The molecule has 96 valence electrons. The van der Waals surface area contributed by atoms with Crippen LogP contribution in [0.5, 0.6) is 0 Å². The second-order valence-electron chi connectivity index (χ2n) is 4.52. The molecule has 1 aromatic carbocycles. The van der Waals surface area contributed by atoms with Crippen LogP contribution in [0.3, 0.4) is 0 Å². The molecule has 2 nitrogen and oxygen atoms in total. The van der Waals surface area contributed by atoms with Gasteiger partial charge >= 0.3 is 0 Å².